The molecule has 2 nitrogen and oxygen atoms in total. The molecule has 0 saturated heterocycles. The highest BCUT2D eigenvalue weighted by atomic mass is 35.5. The van der Waals surface area contributed by atoms with Crippen LogP contribution in [0.1, 0.15) is 18.9 Å². The van der Waals surface area contributed by atoms with Crippen LogP contribution in [0.5, 0.6) is 5.75 Å². The number of rotatable bonds is 4. The maximum atomic E-state index is 11.0. The number of carbonyl (C=O) groups excluding carboxylic acids is 1. The van der Waals surface area contributed by atoms with Crippen molar-refractivity contribution >= 4 is 17.4 Å². The minimum Gasteiger partial charge on any atom is -0.484 e. The van der Waals surface area contributed by atoms with Crippen molar-refractivity contribution in [1.29, 1.82) is 0 Å². The topological polar surface area (TPSA) is 26.3 Å². The first-order valence-electron chi connectivity index (χ1n) is 4.54. The second kappa shape index (κ2) is 5.01. The number of carbonyl (C=O) groups is 1. The molecule has 0 atom stereocenters. The predicted octanol–water partition coefficient (Wildman–Crippen LogP) is 3.01. The van der Waals surface area contributed by atoms with Gasteiger partial charge in [-0.25, -0.2) is 0 Å². The van der Waals surface area contributed by atoms with E-state index in [4.69, 9.17) is 16.3 Å². The Morgan fingerprint density at radius 1 is 1.50 bits per heavy atom. The first-order valence-corrected chi connectivity index (χ1v) is 4.92. The SMILES string of the molecule is CCC(=O)COc1ccc(C)cc1Cl. The van der Waals surface area contributed by atoms with Crippen LogP contribution < -0.4 is 4.74 Å². The average molecular weight is 213 g/mol. The summed E-state index contributed by atoms with van der Waals surface area (Å²) in [5.74, 6) is 0.640. The Labute approximate surface area is 88.8 Å². The molecule has 0 amide bonds. The van der Waals surface area contributed by atoms with Crippen molar-refractivity contribution in [3.8, 4) is 5.75 Å². The van der Waals surface area contributed by atoms with Crippen molar-refractivity contribution in [3.63, 3.8) is 0 Å². The van der Waals surface area contributed by atoms with E-state index >= 15 is 0 Å². The number of ketones is 1. The van der Waals surface area contributed by atoms with E-state index in [0.29, 0.717) is 17.2 Å². The Bertz CT molecular complexity index is 334. The molecule has 1 rings (SSSR count). The van der Waals surface area contributed by atoms with Crippen molar-refractivity contribution < 1.29 is 9.53 Å². The molecule has 0 aliphatic carbocycles. The van der Waals surface area contributed by atoms with E-state index in [2.05, 4.69) is 0 Å². The second-order valence-corrected chi connectivity index (χ2v) is 3.52. The minimum absolute atomic E-state index is 0.0710. The number of Topliss-reactive ketones (excluding diaryl/α,β-unsaturated/α-hetero) is 1. The molecule has 0 N–H and O–H groups in total. The molecule has 3 heteroatoms. The third-order valence-electron chi connectivity index (χ3n) is 1.87. The molecule has 0 heterocycles. The van der Waals surface area contributed by atoms with E-state index in [1.54, 1.807) is 6.07 Å². The summed E-state index contributed by atoms with van der Waals surface area (Å²) in [6.45, 7) is 3.86. The highest BCUT2D eigenvalue weighted by Crippen LogP contribution is 2.24. The van der Waals surface area contributed by atoms with Gasteiger partial charge < -0.3 is 4.74 Å². The van der Waals surface area contributed by atoms with Crippen LogP contribution in [-0.2, 0) is 4.79 Å². The van der Waals surface area contributed by atoms with Crippen molar-refractivity contribution in [2.24, 2.45) is 0 Å². The number of ether oxygens (including phenoxy) is 1. The highest BCUT2D eigenvalue weighted by Gasteiger charge is 2.03. The van der Waals surface area contributed by atoms with Crippen molar-refractivity contribution in [2.45, 2.75) is 20.3 Å². The van der Waals surface area contributed by atoms with Crippen molar-refractivity contribution in [2.75, 3.05) is 6.61 Å². The van der Waals surface area contributed by atoms with Gasteiger partial charge in [0.2, 0.25) is 0 Å². The molecule has 0 fully saturated rings. The first-order chi connectivity index (χ1) is 6.63. The molecule has 1 aromatic rings. The summed E-state index contributed by atoms with van der Waals surface area (Å²) >= 11 is 5.92. The summed E-state index contributed by atoms with van der Waals surface area (Å²) in [6, 6.07) is 5.49. The van der Waals surface area contributed by atoms with Gasteiger partial charge in [-0.1, -0.05) is 24.6 Å². The lowest BCUT2D eigenvalue weighted by atomic mass is 10.2. The molecule has 0 aliphatic heterocycles. The molecule has 0 aromatic heterocycles. The molecule has 0 bridgehead atoms. The van der Waals surface area contributed by atoms with Gasteiger partial charge in [-0.15, -0.1) is 0 Å². The van der Waals surface area contributed by atoms with Crippen molar-refractivity contribution in [1.82, 2.24) is 0 Å². The zero-order chi connectivity index (χ0) is 10.6. The maximum absolute atomic E-state index is 11.0. The van der Waals surface area contributed by atoms with Gasteiger partial charge >= 0.3 is 0 Å². The van der Waals surface area contributed by atoms with Crippen LogP contribution in [0.2, 0.25) is 5.02 Å². The monoisotopic (exact) mass is 212 g/mol. The third kappa shape index (κ3) is 3.04. The lowest BCUT2D eigenvalue weighted by molar-refractivity contribution is -0.120. The van der Waals surface area contributed by atoms with Gasteiger partial charge in [-0.05, 0) is 24.6 Å². The van der Waals surface area contributed by atoms with E-state index in [1.165, 1.54) is 0 Å². The second-order valence-electron chi connectivity index (χ2n) is 3.11. The Hall–Kier alpha value is -1.02. The van der Waals surface area contributed by atoms with Crippen LogP contribution >= 0.6 is 11.6 Å². The molecular formula is C11H13ClO2. The van der Waals surface area contributed by atoms with Crippen LogP contribution in [0.25, 0.3) is 0 Å². The Balaban J connectivity index is 2.63. The van der Waals surface area contributed by atoms with Crippen LogP contribution in [0.3, 0.4) is 0 Å². The number of benzene rings is 1. The van der Waals surface area contributed by atoms with Gasteiger partial charge in [0.15, 0.2) is 5.78 Å². The lowest BCUT2D eigenvalue weighted by Gasteiger charge is -2.06. The number of hydrogen-bond acceptors (Lipinski definition) is 2. The van der Waals surface area contributed by atoms with Gasteiger partial charge in [0.1, 0.15) is 12.4 Å². The minimum atomic E-state index is 0.0710. The first kappa shape index (κ1) is 11.1. The smallest absolute Gasteiger partial charge is 0.169 e. The van der Waals surface area contributed by atoms with Crippen LogP contribution in [0.15, 0.2) is 18.2 Å². The van der Waals surface area contributed by atoms with Gasteiger partial charge in [-0.3, -0.25) is 4.79 Å². The fourth-order valence-corrected chi connectivity index (χ4v) is 1.27. The van der Waals surface area contributed by atoms with Gasteiger partial charge in [-0.2, -0.15) is 0 Å². The molecule has 76 valence electrons. The Morgan fingerprint density at radius 3 is 2.79 bits per heavy atom. The number of halogens is 1. The summed E-state index contributed by atoms with van der Waals surface area (Å²) < 4.78 is 5.26. The zero-order valence-electron chi connectivity index (χ0n) is 8.34. The van der Waals surface area contributed by atoms with Crippen molar-refractivity contribution in [3.05, 3.63) is 28.8 Å². The molecule has 14 heavy (non-hydrogen) atoms. The van der Waals surface area contributed by atoms with E-state index in [1.807, 2.05) is 26.0 Å². The zero-order valence-corrected chi connectivity index (χ0v) is 9.10. The lowest BCUT2D eigenvalue weighted by Crippen LogP contribution is -2.09. The Kier molecular flexibility index (Phi) is 3.96. The summed E-state index contributed by atoms with van der Waals surface area (Å²) in [5.41, 5.74) is 1.07. The molecular weight excluding hydrogens is 200 g/mol. The fraction of sp³-hybridized carbons (Fsp3) is 0.364. The standard InChI is InChI=1S/C11H13ClO2/c1-3-9(13)7-14-11-5-4-8(2)6-10(11)12/h4-6H,3,7H2,1-2H3. The fourth-order valence-electron chi connectivity index (χ4n) is 0.983. The summed E-state index contributed by atoms with van der Waals surface area (Å²) in [7, 11) is 0. The average Bonchev–Trinajstić information content (AvgIpc) is 2.16. The normalized spacial score (nSPS) is 9.93. The summed E-state index contributed by atoms with van der Waals surface area (Å²) in [5, 5.41) is 0.550. The molecule has 0 aliphatic rings. The van der Waals surface area contributed by atoms with Crippen LogP contribution in [-0.4, -0.2) is 12.4 Å². The molecule has 0 unspecified atom stereocenters. The number of aryl methyl sites for hydroxylation is 1. The Morgan fingerprint density at radius 2 is 2.21 bits per heavy atom. The van der Waals surface area contributed by atoms with Gasteiger partial charge in [0.25, 0.3) is 0 Å². The van der Waals surface area contributed by atoms with E-state index in [0.717, 1.165) is 5.56 Å². The van der Waals surface area contributed by atoms with E-state index in [9.17, 15) is 4.79 Å². The highest BCUT2D eigenvalue weighted by molar-refractivity contribution is 6.32. The third-order valence-corrected chi connectivity index (χ3v) is 2.17. The number of hydrogen-bond donors (Lipinski definition) is 0. The van der Waals surface area contributed by atoms with Gasteiger partial charge in [0.05, 0.1) is 5.02 Å². The van der Waals surface area contributed by atoms with E-state index < -0.39 is 0 Å². The molecule has 0 spiro atoms. The molecule has 0 radical (unpaired) electrons. The van der Waals surface area contributed by atoms with Crippen LogP contribution in [0, 0.1) is 6.92 Å². The van der Waals surface area contributed by atoms with Crippen LogP contribution in [0.4, 0.5) is 0 Å². The predicted molar refractivity (Wildman–Crippen MR) is 57.0 cm³/mol. The maximum Gasteiger partial charge on any atom is 0.169 e. The van der Waals surface area contributed by atoms with E-state index in [-0.39, 0.29) is 12.4 Å². The van der Waals surface area contributed by atoms with Gasteiger partial charge in [0, 0.05) is 6.42 Å². The quantitative estimate of drug-likeness (QED) is 0.767. The molecule has 0 saturated carbocycles. The molecule has 1 aromatic carbocycles. The summed E-state index contributed by atoms with van der Waals surface area (Å²) in [4.78, 5) is 11.0. The largest absolute Gasteiger partial charge is 0.484 e. The summed E-state index contributed by atoms with van der Waals surface area (Å²) in [6.07, 6.45) is 0.490.